The van der Waals surface area contributed by atoms with E-state index >= 15 is 0 Å². The van der Waals surface area contributed by atoms with Crippen molar-refractivity contribution in [1.82, 2.24) is 0 Å². The van der Waals surface area contributed by atoms with Crippen LogP contribution in [-0.4, -0.2) is 37.7 Å². The van der Waals surface area contributed by atoms with Gasteiger partial charge in [0.15, 0.2) is 0 Å². The second kappa shape index (κ2) is 5.53. The quantitative estimate of drug-likeness (QED) is 0.476. The topological polar surface area (TPSA) is 26.3 Å². The maximum Gasteiger partial charge on any atom is 0.369 e. The number of rotatable bonds is 3. The van der Waals surface area contributed by atoms with Gasteiger partial charge in [-0.25, -0.2) is 9.18 Å². The number of esters is 1. The van der Waals surface area contributed by atoms with E-state index in [4.69, 9.17) is 4.74 Å². The van der Waals surface area contributed by atoms with Crippen molar-refractivity contribution >= 4 is 5.97 Å². The molecule has 0 saturated carbocycles. The Morgan fingerprint density at radius 1 is 1.32 bits per heavy atom. The summed E-state index contributed by atoms with van der Waals surface area (Å²) in [6.07, 6.45) is 5.15. The molecular formula is C15H19FNO2+. The summed E-state index contributed by atoms with van der Waals surface area (Å²) in [5.74, 6) is -0.571. The summed E-state index contributed by atoms with van der Waals surface area (Å²) in [5, 5.41) is 0. The Kier molecular flexibility index (Phi) is 4.00. The number of likely N-dealkylation sites (N-methyl/N-ethyl adjacent to an activating group) is 1. The van der Waals surface area contributed by atoms with E-state index in [0.717, 1.165) is 25.1 Å². The van der Waals surface area contributed by atoms with Gasteiger partial charge in [-0.2, -0.15) is 0 Å². The molecule has 0 aromatic heterocycles. The summed E-state index contributed by atoms with van der Waals surface area (Å²) in [6, 6.07) is 5.70. The normalized spacial score (nSPS) is 23.9. The van der Waals surface area contributed by atoms with Crippen LogP contribution in [0.5, 0.6) is 0 Å². The lowest BCUT2D eigenvalue weighted by Crippen LogP contribution is -2.52. The first-order valence-electron chi connectivity index (χ1n) is 6.39. The lowest BCUT2D eigenvalue weighted by molar-refractivity contribution is -0.926. The summed E-state index contributed by atoms with van der Waals surface area (Å²) in [7, 11) is 3.43. The maximum atomic E-state index is 13.0. The van der Waals surface area contributed by atoms with Gasteiger partial charge in [-0.1, -0.05) is 6.08 Å². The summed E-state index contributed by atoms with van der Waals surface area (Å²) in [6.45, 7) is 1.64. The first-order chi connectivity index (χ1) is 9.07. The van der Waals surface area contributed by atoms with Gasteiger partial charge in [0.25, 0.3) is 0 Å². The third kappa shape index (κ3) is 2.84. The van der Waals surface area contributed by atoms with Crippen molar-refractivity contribution in [2.75, 3.05) is 27.2 Å². The molecule has 0 amide bonds. The Morgan fingerprint density at radius 2 is 2.00 bits per heavy atom. The molecule has 1 aliphatic rings. The maximum absolute atomic E-state index is 13.0. The van der Waals surface area contributed by atoms with Crippen molar-refractivity contribution in [3.05, 3.63) is 47.8 Å². The van der Waals surface area contributed by atoms with Crippen LogP contribution in [0.1, 0.15) is 18.0 Å². The fraction of sp³-hybridized carbons (Fsp3) is 0.400. The summed E-state index contributed by atoms with van der Waals surface area (Å²) in [5.41, 5.74) is 0.797. The standard InChI is InChI=1S/C15H19FNO2/c1-17(10-4-3-5-11-17)14(15(18)19-2)12-6-8-13(16)9-7-12/h3-4,6-9,14H,5,10-11H2,1-2H3/q+1. The van der Waals surface area contributed by atoms with Gasteiger partial charge in [0.2, 0.25) is 6.04 Å². The molecule has 1 aliphatic heterocycles. The Morgan fingerprint density at radius 3 is 2.53 bits per heavy atom. The number of carbonyl (C=O) groups is 1. The van der Waals surface area contributed by atoms with Crippen LogP contribution in [0.3, 0.4) is 0 Å². The SMILES string of the molecule is COC(=O)C(c1ccc(F)cc1)[N+]1(C)CC=CCC1. The lowest BCUT2D eigenvalue weighted by atomic mass is 10.0. The molecule has 1 aromatic rings. The van der Waals surface area contributed by atoms with Gasteiger partial charge in [-0.15, -0.1) is 0 Å². The molecule has 0 radical (unpaired) electrons. The van der Waals surface area contributed by atoms with Crippen LogP contribution in [0.15, 0.2) is 36.4 Å². The van der Waals surface area contributed by atoms with E-state index in [-0.39, 0.29) is 11.8 Å². The van der Waals surface area contributed by atoms with Crippen LogP contribution >= 0.6 is 0 Å². The van der Waals surface area contributed by atoms with E-state index in [0.29, 0.717) is 4.48 Å². The number of methoxy groups -OCH3 is 1. The third-order valence-electron chi connectivity index (χ3n) is 3.73. The van der Waals surface area contributed by atoms with Crippen molar-refractivity contribution in [3.8, 4) is 0 Å². The Balaban J connectivity index is 2.38. The van der Waals surface area contributed by atoms with Crippen LogP contribution in [0.2, 0.25) is 0 Å². The first-order valence-corrected chi connectivity index (χ1v) is 6.39. The molecule has 3 nitrogen and oxygen atoms in total. The molecular weight excluding hydrogens is 245 g/mol. The largest absolute Gasteiger partial charge is 0.464 e. The zero-order valence-corrected chi connectivity index (χ0v) is 11.3. The number of benzene rings is 1. The molecule has 0 aliphatic carbocycles. The minimum Gasteiger partial charge on any atom is -0.464 e. The summed E-state index contributed by atoms with van der Waals surface area (Å²) < 4.78 is 18.5. The molecule has 0 saturated heterocycles. The van der Waals surface area contributed by atoms with Crippen LogP contribution in [0.25, 0.3) is 0 Å². The van der Waals surface area contributed by atoms with Gasteiger partial charge in [0.1, 0.15) is 5.82 Å². The minimum absolute atomic E-state index is 0.274. The molecule has 0 fully saturated rings. The second-order valence-electron chi connectivity index (χ2n) is 5.12. The second-order valence-corrected chi connectivity index (χ2v) is 5.12. The van der Waals surface area contributed by atoms with Crippen LogP contribution < -0.4 is 0 Å². The smallest absolute Gasteiger partial charge is 0.369 e. The molecule has 0 N–H and O–H groups in total. The van der Waals surface area contributed by atoms with Gasteiger partial charge < -0.3 is 9.22 Å². The van der Waals surface area contributed by atoms with E-state index in [1.807, 2.05) is 7.05 Å². The van der Waals surface area contributed by atoms with Gasteiger partial charge in [0, 0.05) is 12.0 Å². The third-order valence-corrected chi connectivity index (χ3v) is 3.73. The first kappa shape index (κ1) is 13.7. The number of nitrogens with zero attached hydrogens (tertiary/aromatic N) is 1. The van der Waals surface area contributed by atoms with E-state index in [1.54, 1.807) is 12.1 Å². The number of quaternary nitrogens is 1. The Bertz CT molecular complexity index is 483. The average Bonchev–Trinajstić information content (AvgIpc) is 2.41. The van der Waals surface area contributed by atoms with Crippen molar-refractivity contribution in [2.45, 2.75) is 12.5 Å². The fourth-order valence-electron chi connectivity index (χ4n) is 2.64. The van der Waals surface area contributed by atoms with Gasteiger partial charge >= 0.3 is 5.97 Å². The Hall–Kier alpha value is -1.68. The molecule has 4 heteroatoms. The van der Waals surface area contributed by atoms with E-state index in [1.165, 1.54) is 19.2 Å². The summed E-state index contributed by atoms with van der Waals surface area (Å²) in [4.78, 5) is 12.1. The number of halogens is 1. The van der Waals surface area contributed by atoms with E-state index < -0.39 is 6.04 Å². The highest BCUT2D eigenvalue weighted by Gasteiger charge is 2.40. The van der Waals surface area contributed by atoms with Gasteiger partial charge in [-0.3, -0.25) is 0 Å². The average molecular weight is 264 g/mol. The molecule has 2 rings (SSSR count). The number of hydrogen-bond acceptors (Lipinski definition) is 2. The molecule has 2 unspecified atom stereocenters. The molecule has 1 aromatic carbocycles. The highest BCUT2D eigenvalue weighted by molar-refractivity contribution is 5.76. The number of ether oxygens (including phenoxy) is 1. The zero-order chi connectivity index (χ0) is 13.9. The van der Waals surface area contributed by atoms with Crippen molar-refractivity contribution in [2.24, 2.45) is 0 Å². The van der Waals surface area contributed by atoms with E-state index in [9.17, 15) is 9.18 Å². The van der Waals surface area contributed by atoms with Crippen LogP contribution in [0, 0.1) is 5.82 Å². The molecule has 19 heavy (non-hydrogen) atoms. The zero-order valence-electron chi connectivity index (χ0n) is 11.3. The molecule has 1 heterocycles. The minimum atomic E-state index is -0.407. The Labute approximate surface area is 112 Å². The molecule has 2 atom stereocenters. The lowest BCUT2D eigenvalue weighted by Gasteiger charge is -2.40. The van der Waals surface area contributed by atoms with Gasteiger partial charge in [0.05, 0.1) is 27.2 Å². The predicted molar refractivity (Wildman–Crippen MR) is 70.8 cm³/mol. The summed E-state index contributed by atoms with van der Waals surface area (Å²) >= 11 is 0. The highest BCUT2D eigenvalue weighted by atomic mass is 19.1. The van der Waals surface area contributed by atoms with Crippen LogP contribution in [-0.2, 0) is 9.53 Å². The fourth-order valence-corrected chi connectivity index (χ4v) is 2.64. The monoisotopic (exact) mass is 264 g/mol. The molecule has 102 valence electrons. The highest BCUT2D eigenvalue weighted by Crippen LogP contribution is 2.30. The predicted octanol–water partition coefficient (Wildman–Crippen LogP) is 2.45. The van der Waals surface area contributed by atoms with Crippen molar-refractivity contribution < 1.29 is 18.4 Å². The van der Waals surface area contributed by atoms with E-state index in [2.05, 4.69) is 12.2 Å². The van der Waals surface area contributed by atoms with Crippen LogP contribution in [0.4, 0.5) is 4.39 Å². The van der Waals surface area contributed by atoms with Crippen molar-refractivity contribution in [3.63, 3.8) is 0 Å². The molecule has 0 bridgehead atoms. The van der Waals surface area contributed by atoms with Gasteiger partial charge in [-0.05, 0) is 30.3 Å². The van der Waals surface area contributed by atoms with Crippen molar-refractivity contribution in [1.29, 1.82) is 0 Å². The number of hydrogen-bond donors (Lipinski definition) is 0. The molecule has 0 spiro atoms. The number of carbonyl (C=O) groups excluding carboxylic acids is 1.